The number of rotatable bonds is 12. The van der Waals surface area contributed by atoms with Crippen LogP contribution in [0.1, 0.15) is 72.1 Å². The lowest BCUT2D eigenvalue weighted by Gasteiger charge is -2.35. The first-order valence-electron chi connectivity index (χ1n) is 7.96. The first kappa shape index (κ1) is 17.4. The van der Waals surface area contributed by atoms with Gasteiger partial charge in [-0.2, -0.15) is 5.26 Å². The maximum absolute atomic E-state index is 9.07. The zero-order chi connectivity index (χ0) is 13.7. The highest BCUT2D eigenvalue weighted by atomic mass is 15.3. The fourth-order valence-electron chi connectivity index (χ4n) is 2.60. The molecule has 0 aliphatic heterocycles. The molecule has 0 N–H and O–H groups in total. The first-order chi connectivity index (χ1) is 8.74. The van der Waals surface area contributed by atoms with Gasteiger partial charge in [-0.05, 0) is 32.6 Å². The average molecular weight is 253 g/mol. The van der Waals surface area contributed by atoms with Crippen LogP contribution >= 0.6 is 0 Å². The minimum atomic E-state index is 0.703. The van der Waals surface area contributed by atoms with Gasteiger partial charge in [0.05, 0.1) is 19.6 Å². The van der Waals surface area contributed by atoms with Gasteiger partial charge in [0, 0.05) is 0 Å². The van der Waals surface area contributed by atoms with Crippen molar-refractivity contribution in [3.63, 3.8) is 0 Å². The number of hydrogen-bond acceptors (Lipinski definition) is 1. The Morgan fingerprint density at radius 2 is 1.28 bits per heavy atom. The van der Waals surface area contributed by atoms with E-state index in [9.17, 15) is 0 Å². The van der Waals surface area contributed by atoms with Gasteiger partial charge in [0.15, 0.2) is 6.54 Å². The van der Waals surface area contributed by atoms with Gasteiger partial charge in [-0.3, -0.25) is 0 Å². The van der Waals surface area contributed by atoms with E-state index >= 15 is 0 Å². The smallest absolute Gasteiger partial charge is 0.166 e. The van der Waals surface area contributed by atoms with Crippen LogP contribution in [0.4, 0.5) is 0 Å². The van der Waals surface area contributed by atoms with Crippen LogP contribution in [0.3, 0.4) is 0 Å². The molecule has 0 aliphatic rings. The van der Waals surface area contributed by atoms with Crippen LogP contribution in [0.15, 0.2) is 0 Å². The summed E-state index contributed by atoms with van der Waals surface area (Å²) in [7, 11) is 0. The van der Waals surface area contributed by atoms with E-state index in [0.29, 0.717) is 6.54 Å². The van der Waals surface area contributed by atoms with Crippen LogP contribution in [0, 0.1) is 11.3 Å². The summed E-state index contributed by atoms with van der Waals surface area (Å²) < 4.78 is 1.03. The Kier molecular flexibility index (Phi) is 11.2. The summed E-state index contributed by atoms with van der Waals surface area (Å²) >= 11 is 0. The highest BCUT2D eigenvalue weighted by Crippen LogP contribution is 2.14. The van der Waals surface area contributed by atoms with Crippen LogP contribution < -0.4 is 0 Å². The summed E-state index contributed by atoms with van der Waals surface area (Å²) in [5.74, 6) is 0. The normalized spacial score (nSPS) is 11.4. The van der Waals surface area contributed by atoms with E-state index in [0.717, 1.165) is 11.0 Å². The largest absolute Gasteiger partial charge is 0.312 e. The molecule has 2 heteroatoms. The maximum Gasteiger partial charge on any atom is 0.166 e. The molecular weight excluding hydrogens is 220 g/mol. The minimum absolute atomic E-state index is 0.703. The lowest BCUT2D eigenvalue weighted by molar-refractivity contribution is -0.920. The number of nitrogens with zero attached hydrogens (tertiary/aromatic N) is 2. The zero-order valence-corrected chi connectivity index (χ0v) is 12.9. The highest BCUT2D eigenvalue weighted by molar-refractivity contribution is 4.69. The Hall–Kier alpha value is -0.550. The van der Waals surface area contributed by atoms with Crippen LogP contribution in [-0.4, -0.2) is 30.7 Å². The molecule has 2 nitrogen and oxygen atoms in total. The van der Waals surface area contributed by atoms with Gasteiger partial charge in [-0.15, -0.1) is 0 Å². The maximum atomic E-state index is 9.07. The van der Waals surface area contributed by atoms with Crippen molar-refractivity contribution in [2.45, 2.75) is 72.1 Å². The molecule has 0 saturated heterocycles. The molecule has 18 heavy (non-hydrogen) atoms. The molecule has 0 radical (unpaired) electrons. The zero-order valence-electron chi connectivity index (χ0n) is 12.9. The second-order valence-corrected chi connectivity index (χ2v) is 5.54. The summed E-state index contributed by atoms with van der Waals surface area (Å²) in [6, 6.07) is 2.41. The van der Waals surface area contributed by atoms with Crippen LogP contribution in [-0.2, 0) is 0 Å². The Bertz CT molecular complexity index is 206. The van der Waals surface area contributed by atoms with Gasteiger partial charge < -0.3 is 4.48 Å². The third-order valence-corrected chi connectivity index (χ3v) is 4.05. The van der Waals surface area contributed by atoms with Crippen LogP contribution in [0.5, 0.6) is 0 Å². The van der Waals surface area contributed by atoms with Crippen molar-refractivity contribution in [1.29, 1.82) is 5.26 Å². The number of hydrogen-bond donors (Lipinski definition) is 0. The molecule has 0 unspecified atom stereocenters. The molecule has 0 amide bonds. The van der Waals surface area contributed by atoms with Crippen LogP contribution in [0.25, 0.3) is 0 Å². The molecule has 0 atom stereocenters. The van der Waals surface area contributed by atoms with Gasteiger partial charge in [-0.25, -0.2) is 0 Å². The van der Waals surface area contributed by atoms with Gasteiger partial charge >= 0.3 is 0 Å². The predicted octanol–water partition coefficient (Wildman–Crippen LogP) is 4.51. The summed E-state index contributed by atoms with van der Waals surface area (Å²) in [5, 5.41) is 9.07. The fraction of sp³-hybridized carbons (Fsp3) is 0.938. The van der Waals surface area contributed by atoms with Crippen molar-refractivity contribution in [2.75, 3.05) is 26.2 Å². The Morgan fingerprint density at radius 1 is 0.778 bits per heavy atom. The number of quaternary nitrogens is 1. The first-order valence-corrected chi connectivity index (χ1v) is 7.96. The fourth-order valence-corrected chi connectivity index (χ4v) is 2.60. The van der Waals surface area contributed by atoms with E-state index in [2.05, 4.69) is 26.8 Å². The molecule has 0 aromatic carbocycles. The van der Waals surface area contributed by atoms with Crippen molar-refractivity contribution in [2.24, 2.45) is 0 Å². The molecule has 0 aliphatic carbocycles. The van der Waals surface area contributed by atoms with Crippen molar-refractivity contribution in [1.82, 2.24) is 0 Å². The molecule has 106 valence electrons. The predicted molar refractivity (Wildman–Crippen MR) is 79.3 cm³/mol. The highest BCUT2D eigenvalue weighted by Gasteiger charge is 2.23. The SMILES string of the molecule is CCCCCC[N+](CC)(CC#N)CCCCCC. The lowest BCUT2D eigenvalue weighted by atomic mass is 10.1. The lowest BCUT2D eigenvalue weighted by Crippen LogP contribution is -2.49. The summed E-state index contributed by atoms with van der Waals surface area (Å²) in [6.45, 7) is 11.0. The average Bonchev–Trinajstić information content (AvgIpc) is 2.39. The van der Waals surface area contributed by atoms with E-state index in [1.165, 1.54) is 64.5 Å². The Labute approximate surface area is 115 Å². The third-order valence-electron chi connectivity index (χ3n) is 4.05. The van der Waals surface area contributed by atoms with Crippen molar-refractivity contribution >= 4 is 0 Å². The van der Waals surface area contributed by atoms with E-state index in [4.69, 9.17) is 5.26 Å². The quantitative estimate of drug-likeness (QED) is 0.285. The second-order valence-electron chi connectivity index (χ2n) is 5.54. The third kappa shape index (κ3) is 7.71. The van der Waals surface area contributed by atoms with Crippen molar-refractivity contribution in [3.05, 3.63) is 0 Å². The second kappa shape index (κ2) is 11.5. The molecule has 0 heterocycles. The Morgan fingerprint density at radius 3 is 1.61 bits per heavy atom. The minimum Gasteiger partial charge on any atom is -0.312 e. The monoisotopic (exact) mass is 253 g/mol. The van der Waals surface area contributed by atoms with Gasteiger partial charge in [0.2, 0.25) is 0 Å². The van der Waals surface area contributed by atoms with Gasteiger partial charge in [0.25, 0.3) is 0 Å². The van der Waals surface area contributed by atoms with Crippen molar-refractivity contribution < 1.29 is 4.48 Å². The van der Waals surface area contributed by atoms with Crippen molar-refractivity contribution in [3.8, 4) is 6.07 Å². The van der Waals surface area contributed by atoms with E-state index in [-0.39, 0.29) is 0 Å². The Balaban J connectivity index is 4.10. The standard InChI is InChI=1S/C16H33N2/c1-4-7-9-11-14-18(6-3,16-13-17)15-12-10-8-5-2/h4-12,14-16H2,1-3H3/q+1. The van der Waals surface area contributed by atoms with E-state index in [1.54, 1.807) is 0 Å². The molecule has 0 spiro atoms. The van der Waals surface area contributed by atoms with Crippen LogP contribution in [0.2, 0.25) is 0 Å². The molecular formula is C16H33N2+. The van der Waals surface area contributed by atoms with E-state index in [1.807, 2.05) is 0 Å². The molecule has 0 bridgehead atoms. The summed E-state index contributed by atoms with van der Waals surface area (Å²) in [4.78, 5) is 0. The number of nitriles is 1. The molecule has 0 rings (SSSR count). The summed E-state index contributed by atoms with van der Waals surface area (Å²) in [5.41, 5.74) is 0. The summed E-state index contributed by atoms with van der Waals surface area (Å²) in [6.07, 6.45) is 10.5. The van der Waals surface area contributed by atoms with E-state index < -0.39 is 0 Å². The van der Waals surface area contributed by atoms with Gasteiger partial charge in [0.1, 0.15) is 6.07 Å². The molecule has 0 aromatic heterocycles. The number of unbranched alkanes of at least 4 members (excludes halogenated alkanes) is 6. The van der Waals surface area contributed by atoms with Gasteiger partial charge in [-0.1, -0.05) is 39.5 Å². The topological polar surface area (TPSA) is 23.8 Å². The molecule has 0 saturated carbocycles. The molecule has 0 fully saturated rings. The molecule has 0 aromatic rings.